The summed E-state index contributed by atoms with van der Waals surface area (Å²) in [6, 6.07) is 37.6. The molecule has 0 atom stereocenters. The Labute approximate surface area is 209 Å². The molecule has 0 aliphatic carbocycles. The van der Waals surface area contributed by atoms with Crippen LogP contribution in [0.15, 0.2) is 121 Å². The van der Waals surface area contributed by atoms with Gasteiger partial charge in [0.15, 0.2) is 0 Å². The number of rotatable bonds is 8. The third-order valence-corrected chi connectivity index (χ3v) is 18.7. The van der Waals surface area contributed by atoms with Crippen LogP contribution in [-0.2, 0) is 25.1 Å². The normalized spacial score (nSPS) is 11.6. The molecule has 0 spiro atoms. The molecule has 35 heavy (non-hydrogen) atoms. The summed E-state index contributed by atoms with van der Waals surface area (Å²) in [6.07, 6.45) is 0. The zero-order valence-corrected chi connectivity index (χ0v) is 22.1. The van der Waals surface area contributed by atoms with Crippen molar-refractivity contribution in [1.82, 2.24) is 0 Å². The van der Waals surface area contributed by atoms with Crippen LogP contribution in [0.25, 0.3) is 0 Å². The summed E-state index contributed by atoms with van der Waals surface area (Å²) >= 11 is -4.11. The van der Waals surface area contributed by atoms with Gasteiger partial charge >= 0.3 is 210 Å². The molecule has 0 N–H and O–H groups in total. The zero-order chi connectivity index (χ0) is 24.7. The Bertz CT molecular complexity index is 1330. The molecule has 4 aromatic carbocycles. The molecule has 0 amide bonds. The molecule has 0 heterocycles. The minimum atomic E-state index is -4.11. The fourth-order valence-corrected chi connectivity index (χ4v) is 18.4. The first-order valence-electron chi connectivity index (χ1n) is 11.4. The molecule has 178 valence electrons. The maximum absolute atomic E-state index is 14.3. The van der Waals surface area contributed by atoms with Gasteiger partial charge in [0.25, 0.3) is 0 Å². The van der Waals surface area contributed by atoms with E-state index in [1.54, 1.807) is 31.2 Å². The average molecular weight is 547 g/mol. The van der Waals surface area contributed by atoms with E-state index in [-0.39, 0.29) is 16.0 Å². The average Bonchev–Trinajstić information content (AvgIpc) is 2.89. The second-order valence-electron chi connectivity index (χ2n) is 7.95. The van der Waals surface area contributed by atoms with Crippen molar-refractivity contribution in [3.05, 3.63) is 127 Å². The molecule has 4 nitrogen and oxygen atoms in total. The number of esters is 1. The predicted octanol–water partition coefficient (Wildman–Crippen LogP) is 3.05. The second-order valence-corrected chi connectivity index (χ2v) is 17.5. The van der Waals surface area contributed by atoms with Gasteiger partial charge in [0.2, 0.25) is 0 Å². The van der Waals surface area contributed by atoms with Crippen molar-refractivity contribution in [3.8, 4) is 0 Å². The third-order valence-electron chi connectivity index (χ3n) is 5.68. The molecule has 6 heteroatoms. The zero-order valence-electron chi connectivity index (χ0n) is 19.4. The van der Waals surface area contributed by atoms with Crippen molar-refractivity contribution in [2.75, 3.05) is 6.61 Å². The summed E-state index contributed by atoms with van der Waals surface area (Å²) in [5, 5.41) is 0. The quantitative estimate of drug-likeness (QED) is 0.252. The van der Waals surface area contributed by atoms with Gasteiger partial charge in [-0.15, -0.1) is 0 Å². The van der Waals surface area contributed by atoms with Gasteiger partial charge in [-0.05, 0) is 0 Å². The molecule has 0 saturated heterocycles. The molecule has 0 aliphatic rings. The van der Waals surface area contributed by atoms with Gasteiger partial charge in [-0.2, -0.15) is 0 Å². The van der Waals surface area contributed by atoms with Crippen LogP contribution >= 0.6 is 0 Å². The van der Waals surface area contributed by atoms with Crippen LogP contribution in [0.4, 0.5) is 0 Å². The van der Waals surface area contributed by atoms with Crippen molar-refractivity contribution in [2.24, 2.45) is 0 Å². The van der Waals surface area contributed by atoms with Gasteiger partial charge in [-0.3, -0.25) is 0 Å². The molecule has 0 fully saturated rings. The first-order valence-corrected chi connectivity index (χ1v) is 16.8. The van der Waals surface area contributed by atoms with Crippen molar-refractivity contribution in [3.63, 3.8) is 0 Å². The Balaban J connectivity index is 2.23. The molecule has 0 saturated carbocycles. The maximum atomic E-state index is 14.3. The van der Waals surface area contributed by atoms with E-state index in [0.29, 0.717) is 5.56 Å². The van der Waals surface area contributed by atoms with E-state index in [2.05, 4.69) is 0 Å². The van der Waals surface area contributed by atoms with Crippen LogP contribution in [0.2, 0.25) is 0 Å². The summed E-state index contributed by atoms with van der Waals surface area (Å²) in [5.74, 6) is -1.05. The molecule has 4 rings (SSSR count). The van der Waals surface area contributed by atoms with Gasteiger partial charge in [-0.25, -0.2) is 0 Å². The number of carbonyl (C=O) groups excluding carboxylic acids is 1. The number of benzene rings is 4. The molecule has 0 radical (unpaired) electrons. The van der Waals surface area contributed by atoms with Gasteiger partial charge in [0, 0.05) is 0 Å². The molecule has 4 aromatic rings. The number of sulfone groups is 1. The van der Waals surface area contributed by atoms with Crippen LogP contribution in [0.3, 0.4) is 0 Å². The summed E-state index contributed by atoms with van der Waals surface area (Å²) in [5.41, 5.74) is 0.622. The fourth-order valence-electron chi connectivity index (χ4n) is 4.28. The topological polar surface area (TPSA) is 60.4 Å². The first-order chi connectivity index (χ1) is 17.0. The molecule has 0 unspecified atom stereocenters. The Hall–Kier alpha value is -3.27. The SMILES string of the molecule is CCOC(=O)C(S(=O)(=O)Cc1ccccc1)=[As](c1ccccc1)(c1ccccc1)c1ccccc1. The molecule has 0 aromatic heterocycles. The van der Waals surface area contributed by atoms with Crippen molar-refractivity contribution < 1.29 is 17.9 Å². The van der Waals surface area contributed by atoms with Gasteiger partial charge in [0.1, 0.15) is 0 Å². The standard InChI is InChI=1S/C29H27AsO4S/c1-2-34-29(31)28(35(32,33)23-24-15-7-3-8-16-24)30(25-17-9-4-10-18-25,26-19-11-5-12-20-26)27-21-13-6-14-22-27/h3-22H,2,23H2,1H3. The van der Waals surface area contributed by atoms with Crippen molar-refractivity contribution in [1.29, 1.82) is 0 Å². The fraction of sp³-hybridized carbons (Fsp3) is 0.103. The van der Waals surface area contributed by atoms with E-state index in [9.17, 15) is 13.2 Å². The molecule has 0 aliphatic heterocycles. The predicted molar refractivity (Wildman–Crippen MR) is 145 cm³/mol. The monoisotopic (exact) mass is 546 g/mol. The van der Waals surface area contributed by atoms with Crippen LogP contribution in [-0.4, -0.2) is 37.7 Å². The second kappa shape index (κ2) is 11.0. The Morgan fingerprint density at radius 3 is 1.40 bits per heavy atom. The van der Waals surface area contributed by atoms with Gasteiger partial charge in [0.05, 0.1) is 0 Å². The number of carbonyl (C=O) groups is 1. The Morgan fingerprint density at radius 2 is 1.03 bits per heavy atom. The van der Waals surface area contributed by atoms with Crippen LogP contribution in [0, 0.1) is 0 Å². The Morgan fingerprint density at radius 1 is 0.657 bits per heavy atom. The van der Waals surface area contributed by atoms with E-state index in [1.807, 2.05) is 97.1 Å². The first kappa shape index (κ1) is 24.8. The van der Waals surface area contributed by atoms with E-state index in [0.717, 1.165) is 13.1 Å². The van der Waals surface area contributed by atoms with Gasteiger partial charge in [-0.1, -0.05) is 0 Å². The third kappa shape index (κ3) is 5.07. The van der Waals surface area contributed by atoms with E-state index < -0.39 is 28.9 Å². The summed E-state index contributed by atoms with van der Waals surface area (Å²) in [7, 11) is -4.08. The van der Waals surface area contributed by atoms with E-state index in [1.165, 1.54) is 0 Å². The Kier molecular flexibility index (Phi) is 7.79. The number of ether oxygens (including phenoxy) is 1. The van der Waals surface area contributed by atoms with Crippen LogP contribution in [0.1, 0.15) is 12.5 Å². The molecular weight excluding hydrogens is 519 g/mol. The van der Waals surface area contributed by atoms with Gasteiger partial charge < -0.3 is 0 Å². The number of hydrogen-bond donors (Lipinski definition) is 0. The van der Waals surface area contributed by atoms with E-state index in [4.69, 9.17) is 4.74 Å². The van der Waals surface area contributed by atoms with Crippen LogP contribution < -0.4 is 13.1 Å². The number of hydrogen-bond acceptors (Lipinski definition) is 4. The minimum absolute atomic E-state index is 0.0807. The molecule has 0 bridgehead atoms. The van der Waals surface area contributed by atoms with Crippen LogP contribution in [0.5, 0.6) is 0 Å². The van der Waals surface area contributed by atoms with Crippen molar-refractivity contribution >= 4 is 45.6 Å². The summed E-state index contributed by atoms with van der Waals surface area (Å²) in [6.45, 7) is 1.77. The molecular formula is C29H27AsO4S. The van der Waals surface area contributed by atoms with E-state index >= 15 is 0 Å². The summed E-state index contributed by atoms with van der Waals surface area (Å²) < 4.78 is 36.4. The summed E-state index contributed by atoms with van der Waals surface area (Å²) in [4.78, 5) is 13.8. The van der Waals surface area contributed by atoms with Crippen molar-refractivity contribution in [2.45, 2.75) is 12.7 Å².